The number of hydrogen-bond acceptors (Lipinski definition) is 16. The number of benzene rings is 5. The number of allylic oxidation sites excluding steroid dienone is 12. The normalized spacial score (nSPS) is 40.3. The molecule has 0 radical (unpaired) electrons. The highest BCUT2D eigenvalue weighted by molar-refractivity contribution is 6.03. The Morgan fingerprint density at radius 2 is 0.744 bits per heavy atom. The lowest BCUT2D eigenvalue weighted by molar-refractivity contribution is -0.219. The second-order valence-electron chi connectivity index (χ2n) is 38.9. The van der Waals surface area contributed by atoms with Gasteiger partial charge in [0.2, 0.25) is 17.3 Å². The Hall–Kier alpha value is -8.69. The third kappa shape index (κ3) is 13.1. The molecule has 24 atom stereocenters. The van der Waals surface area contributed by atoms with E-state index in [1.54, 1.807) is 75.4 Å². The molecule has 0 saturated heterocycles. The average Bonchev–Trinajstić information content (AvgIpc) is 1.58. The lowest BCUT2D eigenvalue weighted by atomic mass is 9.44. The fourth-order valence-electron chi connectivity index (χ4n) is 26.8. The van der Waals surface area contributed by atoms with Crippen LogP contribution in [0.3, 0.4) is 0 Å². The van der Waals surface area contributed by atoms with E-state index in [-0.39, 0.29) is 81.6 Å². The molecule has 0 aromatic heterocycles. The molecular weight excluding hydrogens is 1540 g/mol. The number of ether oxygens (including phenoxy) is 4. The molecule has 16 nitrogen and oxygen atoms in total. The van der Waals surface area contributed by atoms with Gasteiger partial charge < -0.3 is 49.6 Å². The van der Waals surface area contributed by atoms with E-state index in [0.29, 0.717) is 98.5 Å². The summed E-state index contributed by atoms with van der Waals surface area (Å²) in [7, 11) is 0. The molecule has 0 aliphatic heterocycles. The fraction of sp³-hybridized carbons (Fsp3) is 0.529. The Morgan fingerprint density at radius 1 is 0.405 bits per heavy atom. The molecule has 13 aliphatic carbocycles. The zero-order chi connectivity index (χ0) is 85.5. The van der Waals surface area contributed by atoms with E-state index in [9.17, 15) is 59.4 Å². The summed E-state index contributed by atoms with van der Waals surface area (Å²) in [6.45, 7) is 15.9. The molecule has 0 heterocycles. The lowest BCUT2D eigenvalue weighted by Gasteiger charge is -2.62. The summed E-state index contributed by atoms with van der Waals surface area (Å²) in [5, 5.41) is 71.0. The first-order valence-electron chi connectivity index (χ1n) is 43.5. The van der Waals surface area contributed by atoms with Gasteiger partial charge in [-0.25, -0.2) is 13.2 Å². The van der Waals surface area contributed by atoms with E-state index in [0.717, 1.165) is 53.5 Å². The van der Waals surface area contributed by atoms with Crippen LogP contribution in [0.4, 0.5) is 13.2 Å². The van der Waals surface area contributed by atoms with E-state index in [1.807, 2.05) is 126 Å². The van der Waals surface area contributed by atoms with Gasteiger partial charge in [-0.05, 0) is 266 Å². The van der Waals surface area contributed by atoms with Crippen LogP contribution in [0, 0.1) is 85.8 Å². The van der Waals surface area contributed by atoms with Crippen LogP contribution < -0.4 is 18.9 Å². The van der Waals surface area contributed by atoms with Crippen LogP contribution in [0.25, 0.3) is 11.1 Å². The van der Waals surface area contributed by atoms with Gasteiger partial charge in [-0.3, -0.25) is 28.8 Å². The van der Waals surface area contributed by atoms with Crippen LogP contribution in [0.1, 0.15) is 176 Å². The van der Waals surface area contributed by atoms with Gasteiger partial charge in [0.05, 0.1) is 18.3 Å². The van der Waals surface area contributed by atoms with Crippen molar-refractivity contribution in [2.45, 2.75) is 231 Å². The van der Waals surface area contributed by atoms with Crippen molar-refractivity contribution < 1.29 is 91.5 Å². The molecular formula is C102H119F3O16. The third-order valence-electron chi connectivity index (χ3n) is 33.4. The minimum absolute atomic E-state index is 0. The molecule has 5 aromatic rings. The predicted octanol–water partition coefficient (Wildman–Crippen LogP) is 16.7. The zero-order valence-corrected chi connectivity index (χ0v) is 70.3. The molecule has 6 N–H and O–H groups in total. The van der Waals surface area contributed by atoms with Crippen LogP contribution >= 0.6 is 0 Å². The van der Waals surface area contributed by atoms with E-state index < -0.39 is 137 Å². The maximum absolute atomic E-state index is 17.3. The van der Waals surface area contributed by atoms with Crippen molar-refractivity contribution >= 4 is 34.7 Å². The molecule has 18 rings (SSSR count). The SMILES string of the molecule is C.C[C@@H]1CC2C3CCC4=CC(=O)C=CC4(C)[C@@]3(F)[C@@H](O)CC2(C)[C@@]1(O)C(=O)COc1ccc(-c2ccccc2)cc1.C[C@@H]1CC2C3CCC4=CC(=O)C=CC4(C)[C@@]3(F)[C@@H](O)CC2(C)[C@@]1(O)C(=O)COc1ccc(OCc2ccccc2)cc1.C[C@@H]1CC2C3CCC4=CC(=O)C=CC4(C)[C@@]3(F)[C@@H](O)CC2(C)[C@@]1(O)C(=O)COc1cccc2c1CCCC2. The van der Waals surface area contributed by atoms with Gasteiger partial charge in [0, 0.05) is 50.2 Å². The lowest BCUT2D eigenvalue weighted by Crippen LogP contribution is -2.69. The number of aryl methyl sites for hydroxylation is 1. The zero-order valence-electron chi connectivity index (χ0n) is 70.3. The minimum atomic E-state index is -2.01. The second kappa shape index (κ2) is 31.5. The number of aliphatic hydroxyl groups is 6. The number of aliphatic hydroxyl groups excluding tert-OH is 3. The average molecular weight is 1660 g/mol. The molecule has 0 amide bonds. The molecule has 12 unspecified atom stereocenters. The number of fused-ring (bicyclic) bond motifs is 16. The van der Waals surface area contributed by atoms with Crippen molar-refractivity contribution in [3.63, 3.8) is 0 Å². The monoisotopic (exact) mass is 1660 g/mol. The Kier molecular flexibility index (Phi) is 22.7. The maximum Gasteiger partial charge on any atom is 0.202 e. The van der Waals surface area contributed by atoms with Crippen LogP contribution in [-0.4, -0.2) is 137 Å². The van der Waals surface area contributed by atoms with Crippen molar-refractivity contribution in [1.82, 2.24) is 0 Å². The van der Waals surface area contributed by atoms with Crippen molar-refractivity contribution in [2.75, 3.05) is 19.8 Å². The number of Topliss-reactive ketones (excluding diaryl/α,β-unsaturated/α-hetero) is 3. The van der Waals surface area contributed by atoms with Crippen molar-refractivity contribution in [2.24, 2.45) is 85.8 Å². The van der Waals surface area contributed by atoms with Gasteiger partial charge in [0.25, 0.3) is 0 Å². The molecule has 9 saturated carbocycles. The fourth-order valence-corrected chi connectivity index (χ4v) is 26.8. The van der Waals surface area contributed by atoms with Crippen LogP contribution in [0.5, 0.6) is 23.0 Å². The molecule has 5 aromatic carbocycles. The quantitative estimate of drug-likeness (QED) is 0.0536. The van der Waals surface area contributed by atoms with Gasteiger partial charge in [0.1, 0.15) is 66.2 Å². The van der Waals surface area contributed by atoms with Crippen molar-refractivity contribution in [1.29, 1.82) is 0 Å². The molecule has 0 bridgehead atoms. The van der Waals surface area contributed by atoms with Gasteiger partial charge in [0.15, 0.2) is 34.4 Å². The first-order chi connectivity index (χ1) is 56.8. The Morgan fingerprint density at radius 3 is 1.13 bits per heavy atom. The summed E-state index contributed by atoms with van der Waals surface area (Å²) in [5.41, 5.74) is -9.90. The number of alkyl halides is 3. The van der Waals surface area contributed by atoms with E-state index >= 15 is 13.2 Å². The van der Waals surface area contributed by atoms with E-state index in [4.69, 9.17) is 18.9 Å². The predicted molar refractivity (Wildman–Crippen MR) is 454 cm³/mol. The number of carbonyl (C=O) groups excluding carboxylic acids is 6. The molecule has 0 spiro atoms. The first kappa shape index (κ1) is 87.2. The summed E-state index contributed by atoms with van der Waals surface area (Å²) < 4.78 is 75.6. The van der Waals surface area contributed by atoms with Gasteiger partial charge in [-0.15, -0.1) is 0 Å². The van der Waals surface area contributed by atoms with Crippen LogP contribution in [0.2, 0.25) is 0 Å². The highest BCUT2D eigenvalue weighted by Gasteiger charge is 2.79. The molecule has 9 fully saturated rings. The standard InChI is InChI=1S/C35H39FO6.C34H37FO5.C32H39FO5.CH4/c1-22-17-29-28-14-9-24-18-25(37)15-16-32(24,2)34(28,36)30(38)19-33(29,3)35(22,40)31(39)21-42-27-12-10-26(11-13-27)41-20-23-7-5-4-6-8-23;1-21-17-28-27-14-11-24-18-25(36)15-16-31(24,2)33(27,35)29(37)19-32(28,3)34(21,39)30(38)20-40-26-12-9-23(10-13-26)22-7-5-4-6-8-22;1-19-15-25-24-12-11-21-16-22(34)13-14-29(21,2)31(24,33)27(35)17-30(25,3)32(19,37)28(36)18-38-26-10-6-8-20-7-4-5-9-23(20)26;/h4-8,10-13,15-16,18,22,28-30,38,40H,9,14,17,19-21H2,1-3H3;4-10,12-13,15-16,18,21,27-29,37,39H,11,14,17,19-20H2,1-3H3;6,8,10,13-14,16,19,24-25,27,35,37H,4-5,7,9,11-12,15,17-18H2,1-3H3;1H4/t22-,28?,29?,30+,32?,33?,34+,35+;21-,27?,28?,29+,31?,32?,33+,34+;19-,24?,25?,27+,29?,30?,31+,32+;/m111./s1. The van der Waals surface area contributed by atoms with Gasteiger partial charge in [-0.1, -0.05) is 169 Å². The second-order valence-corrected chi connectivity index (χ2v) is 38.9. The van der Waals surface area contributed by atoms with Crippen LogP contribution in [0.15, 0.2) is 199 Å². The smallest absolute Gasteiger partial charge is 0.202 e. The van der Waals surface area contributed by atoms with Crippen molar-refractivity contribution in [3.8, 4) is 34.1 Å². The molecule has 19 heteroatoms. The summed E-state index contributed by atoms with van der Waals surface area (Å²) >= 11 is 0. The number of halogens is 3. The van der Waals surface area contributed by atoms with Crippen LogP contribution in [-0.2, 0) is 48.2 Å². The number of carbonyl (C=O) groups is 6. The third-order valence-corrected chi connectivity index (χ3v) is 33.4. The largest absolute Gasteiger partial charge is 0.489 e. The topological polar surface area (TPSA) is 261 Å². The maximum atomic E-state index is 17.3. The Labute approximate surface area is 708 Å². The minimum Gasteiger partial charge on any atom is -0.489 e. The number of rotatable bonds is 16. The highest BCUT2D eigenvalue weighted by Crippen LogP contribution is 2.75. The Bertz CT molecular complexity index is 5080. The van der Waals surface area contributed by atoms with Crippen molar-refractivity contribution in [3.05, 3.63) is 215 Å². The highest BCUT2D eigenvalue weighted by atomic mass is 19.2. The first-order valence-corrected chi connectivity index (χ1v) is 43.5. The summed E-state index contributed by atoms with van der Waals surface area (Å²) in [4.78, 5) is 77.6. The van der Waals surface area contributed by atoms with E-state index in [1.165, 1.54) is 42.0 Å². The Balaban J connectivity index is 0.000000141. The summed E-state index contributed by atoms with van der Waals surface area (Å²) in [6.07, 6.45) is 17.9. The summed E-state index contributed by atoms with van der Waals surface area (Å²) in [5.74, 6) is -3.27. The molecule has 121 heavy (non-hydrogen) atoms. The molecule has 644 valence electrons. The number of ketones is 6. The van der Waals surface area contributed by atoms with E-state index in [2.05, 4.69) is 6.07 Å². The van der Waals surface area contributed by atoms with Gasteiger partial charge in [-0.2, -0.15) is 0 Å². The molecule has 13 aliphatic rings. The number of hydrogen-bond donors (Lipinski definition) is 6. The van der Waals surface area contributed by atoms with Gasteiger partial charge >= 0.3 is 0 Å². The summed E-state index contributed by atoms with van der Waals surface area (Å²) in [6, 6.07) is 40.2.